The van der Waals surface area contributed by atoms with Crippen molar-refractivity contribution in [2.45, 2.75) is 19.8 Å². The van der Waals surface area contributed by atoms with Crippen LogP contribution in [-0.4, -0.2) is 18.9 Å². The zero-order chi connectivity index (χ0) is 12.0. The Morgan fingerprint density at radius 2 is 2.06 bits per heavy atom. The van der Waals surface area contributed by atoms with E-state index in [0.717, 1.165) is 31.2 Å². The average Bonchev–Trinajstić information content (AvgIpc) is 2.27. The van der Waals surface area contributed by atoms with Gasteiger partial charge in [0.1, 0.15) is 11.6 Å². The van der Waals surface area contributed by atoms with E-state index in [0.29, 0.717) is 6.54 Å². The van der Waals surface area contributed by atoms with Crippen molar-refractivity contribution in [3.05, 3.63) is 35.4 Å². The van der Waals surface area contributed by atoms with Gasteiger partial charge in [0.05, 0.1) is 5.56 Å². The van der Waals surface area contributed by atoms with Crippen LogP contribution in [0.1, 0.15) is 30.1 Å². The first kappa shape index (κ1) is 12.8. The fraction of sp³-hybridized carbons (Fsp3) is 0.417. The maximum absolute atomic E-state index is 13.2. The normalized spacial score (nSPS) is 10.4. The lowest BCUT2D eigenvalue weighted by Crippen LogP contribution is -2.19. The van der Waals surface area contributed by atoms with E-state index in [1.165, 1.54) is 0 Å². The molecular weight excluding hydrogens is 212 g/mol. The molecule has 0 unspecified atom stereocenters. The van der Waals surface area contributed by atoms with Gasteiger partial charge in [0.2, 0.25) is 0 Å². The molecule has 0 saturated heterocycles. The van der Waals surface area contributed by atoms with Crippen LogP contribution in [0.3, 0.4) is 0 Å². The van der Waals surface area contributed by atoms with Crippen LogP contribution in [0.5, 0.6) is 0 Å². The minimum absolute atomic E-state index is 0.168. The van der Waals surface area contributed by atoms with Gasteiger partial charge in [-0.2, -0.15) is 0 Å². The van der Waals surface area contributed by atoms with Crippen molar-refractivity contribution in [2.24, 2.45) is 0 Å². The van der Waals surface area contributed by atoms with Crippen LogP contribution in [0.4, 0.5) is 8.78 Å². The van der Waals surface area contributed by atoms with E-state index in [2.05, 4.69) is 5.32 Å². The molecule has 0 spiro atoms. The van der Waals surface area contributed by atoms with Gasteiger partial charge in [0.15, 0.2) is 5.78 Å². The summed E-state index contributed by atoms with van der Waals surface area (Å²) in [4.78, 5) is 11.5. The van der Waals surface area contributed by atoms with E-state index >= 15 is 0 Å². The first-order valence-electron chi connectivity index (χ1n) is 5.34. The summed E-state index contributed by atoms with van der Waals surface area (Å²) in [6.07, 6.45) is 1.16. The number of hydrogen-bond acceptors (Lipinski definition) is 2. The second-order valence-electron chi connectivity index (χ2n) is 3.55. The zero-order valence-electron chi connectivity index (χ0n) is 9.22. The van der Waals surface area contributed by atoms with E-state index in [-0.39, 0.29) is 17.8 Å². The van der Waals surface area contributed by atoms with Gasteiger partial charge in [-0.25, -0.2) is 8.78 Å². The van der Waals surface area contributed by atoms with Crippen LogP contribution in [0.15, 0.2) is 18.2 Å². The third-order valence-corrected chi connectivity index (χ3v) is 2.18. The maximum Gasteiger partial charge on any atom is 0.167 e. The molecule has 16 heavy (non-hydrogen) atoms. The van der Waals surface area contributed by atoms with E-state index in [1.807, 2.05) is 6.92 Å². The number of ketones is 1. The Hall–Kier alpha value is -1.29. The zero-order valence-corrected chi connectivity index (χ0v) is 9.22. The summed E-state index contributed by atoms with van der Waals surface area (Å²) in [6, 6.07) is 2.92. The van der Waals surface area contributed by atoms with Crippen LogP contribution >= 0.6 is 0 Å². The molecule has 0 aromatic heterocycles. The molecule has 0 aliphatic carbocycles. The van der Waals surface area contributed by atoms with Crippen molar-refractivity contribution in [2.75, 3.05) is 13.1 Å². The summed E-state index contributed by atoms with van der Waals surface area (Å²) in [7, 11) is 0. The van der Waals surface area contributed by atoms with Crippen molar-refractivity contribution in [1.82, 2.24) is 5.32 Å². The van der Waals surface area contributed by atoms with E-state index < -0.39 is 11.6 Å². The Kier molecular flexibility index (Phi) is 5.05. The molecule has 1 N–H and O–H groups in total. The van der Waals surface area contributed by atoms with Gasteiger partial charge in [0, 0.05) is 13.0 Å². The highest BCUT2D eigenvalue weighted by Crippen LogP contribution is 2.11. The van der Waals surface area contributed by atoms with E-state index in [4.69, 9.17) is 0 Å². The van der Waals surface area contributed by atoms with Gasteiger partial charge in [-0.3, -0.25) is 4.79 Å². The molecule has 0 saturated carbocycles. The highest BCUT2D eigenvalue weighted by molar-refractivity contribution is 5.96. The number of halogens is 2. The predicted octanol–water partition coefficient (Wildman–Crippen LogP) is 2.54. The second-order valence-corrected chi connectivity index (χ2v) is 3.55. The topological polar surface area (TPSA) is 29.1 Å². The highest BCUT2D eigenvalue weighted by Gasteiger charge is 2.11. The molecule has 0 heterocycles. The standard InChI is InChI=1S/C12H15F2NO/c1-2-6-15-7-5-12(16)10-8-9(13)3-4-11(10)14/h3-4,8,15H,2,5-7H2,1H3. The number of nitrogens with one attached hydrogen (secondary N) is 1. The van der Waals surface area contributed by atoms with Crippen molar-refractivity contribution < 1.29 is 13.6 Å². The van der Waals surface area contributed by atoms with Gasteiger partial charge >= 0.3 is 0 Å². The molecule has 0 amide bonds. The molecule has 0 bridgehead atoms. The molecule has 4 heteroatoms. The summed E-state index contributed by atoms with van der Waals surface area (Å²) in [5.74, 6) is -1.63. The first-order valence-corrected chi connectivity index (χ1v) is 5.34. The van der Waals surface area contributed by atoms with Crippen molar-refractivity contribution >= 4 is 5.78 Å². The molecule has 88 valence electrons. The Labute approximate surface area is 93.7 Å². The molecule has 0 aliphatic heterocycles. The molecule has 0 aliphatic rings. The molecule has 1 aromatic carbocycles. The van der Waals surface area contributed by atoms with E-state index in [9.17, 15) is 13.6 Å². The van der Waals surface area contributed by atoms with Gasteiger partial charge in [-0.05, 0) is 31.2 Å². The SMILES string of the molecule is CCCNCCC(=O)c1cc(F)ccc1F. The lowest BCUT2D eigenvalue weighted by molar-refractivity contribution is 0.0978. The minimum Gasteiger partial charge on any atom is -0.316 e. The quantitative estimate of drug-likeness (QED) is 0.597. The molecule has 1 rings (SSSR count). The number of carbonyl (C=O) groups is 1. The molecule has 0 atom stereocenters. The summed E-state index contributed by atoms with van der Waals surface area (Å²) >= 11 is 0. The summed E-state index contributed by atoms with van der Waals surface area (Å²) in [5.41, 5.74) is -0.168. The Balaban J connectivity index is 2.55. The average molecular weight is 227 g/mol. The third kappa shape index (κ3) is 3.70. The molecule has 2 nitrogen and oxygen atoms in total. The van der Waals surface area contributed by atoms with Gasteiger partial charge in [-0.1, -0.05) is 6.92 Å². The number of carbonyl (C=O) groups excluding carboxylic acids is 1. The van der Waals surface area contributed by atoms with E-state index in [1.54, 1.807) is 0 Å². The minimum atomic E-state index is -0.665. The number of benzene rings is 1. The maximum atomic E-state index is 13.2. The predicted molar refractivity (Wildman–Crippen MR) is 58.5 cm³/mol. The molecule has 0 fully saturated rings. The van der Waals surface area contributed by atoms with Crippen LogP contribution in [0.2, 0.25) is 0 Å². The van der Waals surface area contributed by atoms with Crippen LogP contribution in [0, 0.1) is 11.6 Å². The fourth-order valence-electron chi connectivity index (χ4n) is 1.35. The number of rotatable bonds is 6. The van der Waals surface area contributed by atoms with Crippen molar-refractivity contribution in [3.8, 4) is 0 Å². The molecule has 1 aromatic rings. The van der Waals surface area contributed by atoms with Gasteiger partial charge < -0.3 is 5.32 Å². The van der Waals surface area contributed by atoms with Gasteiger partial charge in [0.25, 0.3) is 0 Å². The number of hydrogen-bond donors (Lipinski definition) is 1. The lowest BCUT2D eigenvalue weighted by Gasteiger charge is -2.04. The van der Waals surface area contributed by atoms with Crippen LogP contribution in [-0.2, 0) is 0 Å². The largest absolute Gasteiger partial charge is 0.316 e. The first-order chi connectivity index (χ1) is 7.65. The smallest absolute Gasteiger partial charge is 0.167 e. The monoisotopic (exact) mass is 227 g/mol. The fourth-order valence-corrected chi connectivity index (χ4v) is 1.35. The van der Waals surface area contributed by atoms with Crippen LogP contribution in [0.25, 0.3) is 0 Å². The Bertz CT molecular complexity index is 366. The van der Waals surface area contributed by atoms with Gasteiger partial charge in [-0.15, -0.1) is 0 Å². The summed E-state index contributed by atoms with van der Waals surface area (Å²) in [6.45, 7) is 3.32. The highest BCUT2D eigenvalue weighted by atomic mass is 19.1. The third-order valence-electron chi connectivity index (χ3n) is 2.18. The summed E-state index contributed by atoms with van der Waals surface area (Å²) in [5, 5.41) is 3.03. The summed E-state index contributed by atoms with van der Waals surface area (Å²) < 4.78 is 26.0. The lowest BCUT2D eigenvalue weighted by atomic mass is 10.1. The Morgan fingerprint density at radius 3 is 2.75 bits per heavy atom. The second kappa shape index (κ2) is 6.33. The van der Waals surface area contributed by atoms with Crippen molar-refractivity contribution in [1.29, 1.82) is 0 Å². The van der Waals surface area contributed by atoms with Crippen molar-refractivity contribution in [3.63, 3.8) is 0 Å². The molecule has 0 radical (unpaired) electrons. The van der Waals surface area contributed by atoms with Crippen LogP contribution < -0.4 is 5.32 Å². The number of Topliss-reactive ketones (excluding diaryl/α,β-unsaturated/α-hetero) is 1. The molecular formula is C12H15F2NO. The Morgan fingerprint density at radius 1 is 1.31 bits per heavy atom.